The number of esters is 1. The Labute approximate surface area is 106 Å². The van der Waals surface area contributed by atoms with Crippen molar-refractivity contribution in [1.82, 2.24) is 0 Å². The van der Waals surface area contributed by atoms with Crippen molar-refractivity contribution in [3.8, 4) is 0 Å². The Morgan fingerprint density at radius 2 is 1.89 bits per heavy atom. The average Bonchev–Trinajstić information content (AvgIpc) is 2.39. The monoisotopic (exact) mass is 254 g/mol. The van der Waals surface area contributed by atoms with Gasteiger partial charge in [-0.3, -0.25) is 4.79 Å². The maximum atomic E-state index is 11.0. The Hall–Kier alpha value is -2.08. The van der Waals surface area contributed by atoms with Gasteiger partial charge in [0.2, 0.25) is 0 Å². The molecular formula is C12H18N2O4. The highest BCUT2D eigenvalue weighted by Gasteiger charge is 2.11. The number of carbonyl (C=O) groups excluding carboxylic acids is 1. The number of aliphatic carboxylic acids is 1. The lowest BCUT2D eigenvalue weighted by Crippen LogP contribution is -2.26. The summed E-state index contributed by atoms with van der Waals surface area (Å²) in [4.78, 5) is 20.3. The van der Waals surface area contributed by atoms with Crippen LogP contribution < -0.4 is 11.1 Å². The Morgan fingerprint density at radius 3 is 2.28 bits per heavy atom. The van der Waals surface area contributed by atoms with E-state index < -0.39 is 5.97 Å². The van der Waals surface area contributed by atoms with Crippen LogP contribution in [0.25, 0.3) is 0 Å². The van der Waals surface area contributed by atoms with E-state index in [0.29, 0.717) is 0 Å². The van der Waals surface area contributed by atoms with E-state index >= 15 is 0 Å². The summed E-state index contributed by atoms with van der Waals surface area (Å²) in [6, 6.07) is 9.23. The molecule has 0 aliphatic rings. The van der Waals surface area contributed by atoms with Crippen molar-refractivity contribution in [3.63, 3.8) is 0 Å². The molecule has 1 aromatic rings. The number of rotatable bonds is 4. The lowest BCUT2D eigenvalue weighted by molar-refractivity contribution is -0.141. The third-order valence-corrected chi connectivity index (χ3v) is 1.89. The smallest absolute Gasteiger partial charge is 0.327 e. The van der Waals surface area contributed by atoms with Crippen LogP contribution in [0.4, 0.5) is 5.69 Å². The van der Waals surface area contributed by atoms with Gasteiger partial charge in [0.05, 0.1) is 13.7 Å². The zero-order valence-electron chi connectivity index (χ0n) is 10.4. The van der Waals surface area contributed by atoms with Crippen LogP contribution in [0.3, 0.4) is 0 Å². The number of benzene rings is 1. The predicted octanol–water partition coefficient (Wildman–Crippen LogP) is 0.690. The van der Waals surface area contributed by atoms with Gasteiger partial charge in [-0.1, -0.05) is 18.2 Å². The van der Waals surface area contributed by atoms with Crippen molar-refractivity contribution in [2.24, 2.45) is 5.73 Å². The van der Waals surface area contributed by atoms with E-state index in [1.54, 1.807) is 6.92 Å². The fourth-order valence-electron chi connectivity index (χ4n) is 1.02. The molecule has 0 aromatic heterocycles. The molecule has 0 heterocycles. The number of carbonyl (C=O) groups is 2. The molecule has 0 unspecified atom stereocenters. The van der Waals surface area contributed by atoms with E-state index in [9.17, 15) is 9.59 Å². The number of carboxylic acid groups (broad SMARTS) is 1. The molecule has 0 spiro atoms. The normalized spacial score (nSPS) is 10.6. The van der Waals surface area contributed by atoms with Crippen LogP contribution in [0.2, 0.25) is 0 Å². The van der Waals surface area contributed by atoms with Crippen LogP contribution in [0.5, 0.6) is 0 Å². The van der Waals surface area contributed by atoms with Crippen LogP contribution in [0.1, 0.15) is 6.92 Å². The fraction of sp³-hybridized carbons (Fsp3) is 0.333. The SMILES string of the molecule is COC(=O)[C@H](C)Nc1ccccc1.NCC(=O)O. The number of methoxy groups -OCH3 is 1. The Balaban J connectivity index is 0.000000494. The topological polar surface area (TPSA) is 102 Å². The third kappa shape index (κ3) is 7.24. The van der Waals surface area contributed by atoms with Crippen molar-refractivity contribution in [3.05, 3.63) is 30.3 Å². The van der Waals surface area contributed by atoms with Crippen LogP contribution in [-0.4, -0.2) is 36.7 Å². The minimum atomic E-state index is -0.968. The largest absolute Gasteiger partial charge is 0.480 e. The molecule has 6 nitrogen and oxygen atoms in total. The highest BCUT2D eigenvalue weighted by Crippen LogP contribution is 2.07. The van der Waals surface area contributed by atoms with Gasteiger partial charge in [-0.25, -0.2) is 4.79 Å². The van der Waals surface area contributed by atoms with E-state index in [0.717, 1.165) is 5.69 Å². The van der Waals surface area contributed by atoms with Gasteiger partial charge in [-0.05, 0) is 19.1 Å². The van der Waals surface area contributed by atoms with Crippen molar-refractivity contribution in [2.45, 2.75) is 13.0 Å². The lowest BCUT2D eigenvalue weighted by Gasteiger charge is -2.12. The molecule has 1 rings (SSSR count). The lowest BCUT2D eigenvalue weighted by atomic mass is 10.3. The molecule has 0 radical (unpaired) electrons. The third-order valence-electron chi connectivity index (χ3n) is 1.89. The van der Waals surface area contributed by atoms with E-state index in [4.69, 9.17) is 5.11 Å². The van der Waals surface area contributed by atoms with Crippen molar-refractivity contribution in [2.75, 3.05) is 19.0 Å². The molecule has 0 aliphatic heterocycles. The van der Waals surface area contributed by atoms with Gasteiger partial charge in [-0.15, -0.1) is 0 Å². The predicted molar refractivity (Wildman–Crippen MR) is 68.2 cm³/mol. The molecule has 4 N–H and O–H groups in total. The summed E-state index contributed by atoms with van der Waals surface area (Å²) < 4.78 is 4.58. The van der Waals surface area contributed by atoms with Gasteiger partial charge in [0.25, 0.3) is 0 Å². The molecule has 18 heavy (non-hydrogen) atoms. The van der Waals surface area contributed by atoms with Gasteiger partial charge in [0.15, 0.2) is 0 Å². The van der Waals surface area contributed by atoms with Crippen LogP contribution in [-0.2, 0) is 14.3 Å². The number of ether oxygens (including phenoxy) is 1. The van der Waals surface area contributed by atoms with Gasteiger partial charge in [0, 0.05) is 5.69 Å². The highest BCUT2D eigenvalue weighted by atomic mass is 16.5. The summed E-state index contributed by atoms with van der Waals surface area (Å²) in [5.41, 5.74) is 5.49. The first-order valence-corrected chi connectivity index (χ1v) is 5.32. The van der Waals surface area contributed by atoms with Gasteiger partial charge in [0.1, 0.15) is 6.04 Å². The molecule has 0 aliphatic carbocycles. The molecule has 0 bridgehead atoms. The summed E-state index contributed by atoms with van der Waals surface area (Å²) >= 11 is 0. The Bertz CT molecular complexity index is 368. The summed E-state index contributed by atoms with van der Waals surface area (Å²) in [5, 5.41) is 10.6. The molecule has 0 amide bonds. The second-order valence-corrected chi connectivity index (χ2v) is 3.35. The standard InChI is InChI=1S/C10H13NO2.C2H5NO2/c1-8(10(12)13-2)11-9-6-4-3-5-7-9;3-1-2(4)5/h3-8,11H,1-2H3;1,3H2,(H,4,5)/t8-;/m0./s1. The first-order chi connectivity index (χ1) is 8.51. The van der Waals surface area contributed by atoms with Crippen molar-refractivity contribution < 1.29 is 19.4 Å². The number of nitrogens with two attached hydrogens (primary N) is 1. The van der Waals surface area contributed by atoms with E-state index in [2.05, 4.69) is 15.8 Å². The molecule has 1 atom stereocenters. The van der Waals surface area contributed by atoms with Gasteiger partial charge in [-0.2, -0.15) is 0 Å². The van der Waals surface area contributed by atoms with Crippen LogP contribution in [0, 0.1) is 0 Å². The number of hydrogen-bond donors (Lipinski definition) is 3. The highest BCUT2D eigenvalue weighted by molar-refractivity contribution is 5.78. The van der Waals surface area contributed by atoms with Crippen molar-refractivity contribution >= 4 is 17.6 Å². The average molecular weight is 254 g/mol. The summed E-state index contributed by atoms with van der Waals surface area (Å²) in [5.74, 6) is -1.23. The van der Waals surface area contributed by atoms with Crippen LogP contribution >= 0.6 is 0 Å². The summed E-state index contributed by atoms with van der Waals surface area (Å²) in [6.45, 7) is 1.48. The number of para-hydroxylation sites is 1. The second kappa shape index (κ2) is 9.00. The Morgan fingerprint density at radius 1 is 1.39 bits per heavy atom. The molecule has 1 aromatic carbocycles. The summed E-state index contributed by atoms with van der Waals surface area (Å²) in [6.07, 6.45) is 0. The minimum Gasteiger partial charge on any atom is -0.480 e. The van der Waals surface area contributed by atoms with Gasteiger partial charge < -0.3 is 20.9 Å². The van der Waals surface area contributed by atoms with Gasteiger partial charge >= 0.3 is 11.9 Å². The van der Waals surface area contributed by atoms with E-state index in [1.165, 1.54) is 7.11 Å². The molecule has 0 fully saturated rings. The maximum Gasteiger partial charge on any atom is 0.327 e. The number of hydrogen-bond acceptors (Lipinski definition) is 5. The first-order valence-electron chi connectivity index (χ1n) is 5.32. The second-order valence-electron chi connectivity index (χ2n) is 3.35. The molecule has 0 saturated carbocycles. The molecule has 0 saturated heterocycles. The maximum absolute atomic E-state index is 11.0. The quantitative estimate of drug-likeness (QED) is 0.683. The number of anilines is 1. The fourth-order valence-corrected chi connectivity index (χ4v) is 1.02. The number of nitrogens with one attached hydrogen (secondary N) is 1. The molecule has 100 valence electrons. The number of carboxylic acids is 1. The summed E-state index contributed by atoms with van der Waals surface area (Å²) in [7, 11) is 1.38. The van der Waals surface area contributed by atoms with Crippen LogP contribution in [0.15, 0.2) is 30.3 Å². The first kappa shape index (κ1) is 15.9. The zero-order valence-corrected chi connectivity index (χ0v) is 10.4. The Kier molecular flexibility index (Phi) is 7.96. The molecule has 6 heteroatoms. The zero-order chi connectivity index (χ0) is 14.0. The van der Waals surface area contributed by atoms with E-state index in [-0.39, 0.29) is 18.6 Å². The molecular weight excluding hydrogens is 236 g/mol. The van der Waals surface area contributed by atoms with E-state index in [1.807, 2.05) is 30.3 Å². The minimum absolute atomic E-state index is 0.260. The van der Waals surface area contributed by atoms with Crippen molar-refractivity contribution in [1.29, 1.82) is 0 Å².